The standard InChI is InChI=1S/C29H41N5O6/c1-17-14-34(18(2)16-35)28(37)22-12-9-13-23(30-27(36)21-10-7-6-8-11-21)26(22)39-24(17)15-33(5)29(38)31-25-19(3)32-40-20(25)4/h9,12-13,17-18,21,24,35H,6-8,10-11,14-16H2,1-5H3,(H,30,36)(H,31,38)/t17-,18+,24-/m0/s1. The number of hydrogen-bond donors (Lipinski definition) is 3. The first-order valence-corrected chi connectivity index (χ1v) is 14.1. The van der Waals surface area contributed by atoms with Crippen LogP contribution in [0.25, 0.3) is 0 Å². The van der Waals surface area contributed by atoms with Crippen LogP contribution in [0.4, 0.5) is 16.2 Å². The van der Waals surface area contributed by atoms with E-state index in [9.17, 15) is 19.5 Å². The van der Waals surface area contributed by atoms with Crippen molar-refractivity contribution in [2.45, 2.75) is 71.9 Å². The summed E-state index contributed by atoms with van der Waals surface area (Å²) in [7, 11) is 1.67. The number of likely N-dealkylation sites (N-methyl/N-ethyl adjacent to an activating group) is 1. The highest BCUT2D eigenvalue weighted by molar-refractivity contribution is 6.02. The van der Waals surface area contributed by atoms with Gasteiger partial charge in [0.15, 0.2) is 11.5 Å². The second-order valence-electron chi connectivity index (χ2n) is 11.1. The molecule has 0 bridgehead atoms. The van der Waals surface area contributed by atoms with E-state index in [1.54, 1.807) is 50.9 Å². The van der Waals surface area contributed by atoms with Crippen LogP contribution < -0.4 is 15.4 Å². The number of aliphatic hydroxyl groups excluding tert-OH is 1. The highest BCUT2D eigenvalue weighted by atomic mass is 16.5. The van der Waals surface area contributed by atoms with Crippen molar-refractivity contribution in [2.24, 2.45) is 11.8 Å². The summed E-state index contributed by atoms with van der Waals surface area (Å²) in [5.74, 6) is 0.153. The number of ether oxygens (including phenoxy) is 1. The molecule has 1 aromatic heterocycles. The number of aryl methyl sites for hydroxylation is 2. The van der Waals surface area contributed by atoms with E-state index in [0.29, 0.717) is 34.9 Å². The number of fused-ring (bicyclic) bond motifs is 1. The zero-order chi connectivity index (χ0) is 29.0. The van der Waals surface area contributed by atoms with Crippen LogP contribution in [-0.4, -0.2) is 76.8 Å². The third-order valence-electron chi connectivity index (χ3n) is 7.99. The maximum atomic E-state index is 13.7. The minimum Gasteiger partial charge on any atom is -0.485 e. The Kier molecular flexibility index (Phi) is 9.34. The molecular weight excluding hydrogens is 514 g/mol. The van der Waals surface area contributed by atoms with E-state index in [4.69, 9.17) is 9.26 Å². The lowest BCUT2D eigenvalue weighted by Crippen LogP contribution is -2.50. The normalized spacial score (nSPS) is 20.6. The Hall–Kier alpha value is -3.60. The lowest BCUT2D eigenvalue weighted by Gasteiger charge is -2.38. The highest BCUT2D eigenvalue weighted by Crippen LogP contribution is 2.36. The van der Waals surface area contributed by atoms with Gasteiger partial charge in [-0.2, -0.15) is 0 Å². The Labute approximate surface area is 235 Å². The van der Waals surface area contributed by atoms with Gasteiger partial charge in [-0.1, -0.05) is 37.4 Å². The third-order valence-corrected chi connectivity index (χ3v) is 7.99. The van der Waals surface area contributed by atoms with Gasteiger partial charge in [-0.05, 0) is 45.7 Å². The number of nitrogens with one attached hydrogen (secondary N) is 2. The van der Waals surface area contributed by atoms with E-state index < -0.39 is 12.1 Å². The van der Waals surface area contributed by atoms with Gasteiger partial charge in [0.1, 0.15) is 17.5 Å². The maximum Gasteiger partial charge on any atom is 0.321 e. The summed E-state index contributed by atoms with van der Waals surface area (Å²) in [6.07, 6.45) is 4.35. The SMILES string of the molecule is Cc1noc(C)c1NC(=O)N(C)C[C@@H]1Oc2c(NC(=O)C3CCCCC3)cccc2C(=O)N([C@H](C)CO)C[C@@H]1C. The van der Waals surface area contributed by atoms with Crippen LogP contribution in [0.2, 0.25) is 0 Å². The zero-order valence-corrected chi connectivity index (χ0v) is 24.0. The lowest BCUT2D eigenvalue weighted by atomic mass is 9.88. The highest BCUT2D eigenvalue weighted by Gasteiger charge is 2.35. The van der Waals surface area contributed by atoms with Crippen molar-refractivity contribution in [3.8, 4) is 5.75 Å². The van der Waals surface area contributed by atoms with Gasteiger partial charge in [-0.3, -0.25) is 9.59 Å². The number of hydrogen-bond acceptors (Lipinski definition) is 7. The van der Waals surface area contributed by atoms with E-state index in [0.717, 1.165) is 32.1 Å². The Bertz CT molecular complexity index is 1200. The second kappa shape index (κ2) is 12.7. The van der Waals surface area contributed by atoms with Crippen LogP contribution in [0, 0.1) is 25.7 Å². The van der Waals surface area contributed by atoms with Gasteiger partial charge in [0, 0.05) is 25.4 Å². The number of aromatic nitrogens is 1. The average molecular weight is 556 g/mol. The van der Waals surface area contributed by atoms with E-state index in [1.807, 2.05) is 6.92 Å². The molecule has 1 saturated carbocycles. The molecular formula is C29H41N5O6. The summed E-state index contributed by atoms with van der Waals surface area (Å²) >= 11 is 0. The smallest absolute Gasteiger partial charge is 0.321 e. The Balaban J connectivity index is 1.63. The monoisotopic (exact) mass is 555 g/mol. The molecule has 1 fully saturated rings. The first-order chi connectivity index (χ1) is 19.1. The van der Waals surface area contributed by atoms with Crippen molar-refractivity contribution in [3.05, 3.63) is 35.2 Å². The van der Waals surface area contributed by atoms with E-state index >= 15 is 0 Å². The number of benzene rings is 1. The molecule has 0 saturated heterocycles. The van der Waals surface area contributed by atoms with Crippen LogP contribution in [-0.2, 0) is 4.79 Å². The first-order valence-electron chi connectivity index (χ1n) is 14.1. The van der Waals surface area contributed by atoms with Gasteiger partial charge < -0.3 is 34.8 Å². The van der Waals surface area contributed by atoms with Crippen molar-refractivity contribution in [2.75, 3.05) is 37.4 Å². The molecule has 4 amide bonds. The van der Waals surface area contributed by atoms with Gasteiger partial charge in [0.05, 0.1) is 30.4 Å². The molecule has 11 nitrogen and oxygen atoms in total. The third kappa shape index (κ3) is 6.41. The van der Waals surface area contributed by atoms with Gasteiger partial charge in [0.25, 0.3) is 5.91 Å². The molecule has 3 atom stereocenters. The van der Waals surface area contributed by atoms with Crippen LogP contribution >= 0.6 is 0 Å². The fourth-order valence-electron chi connectivity index (χ4n) is 5.38. The summed E-state index contributed by atoms with van der Waals surface area (Å²) in [4.78, 5) is 43.1. The number of anilines is 2. The summed E-state index contributed by atoms with van der Waals surface area (Å²) in [5, 5.41) is 19.7. The average Bonchev–Trinajstić information content (AvgIpc) is 3.27. The summed E-state index contributed by atoms with van der Waals surface area (Å²) in [6.45, 7) is 7.54. The van der Waals surface area contributed by atoms with Crippen molar-refractivity contribution in [3.63, 3.8) is 0 Å². The molecule has 4 rings (SSSR count). The van der Waals surface area contributed by atoms with Crippen molar-refractivity contribution in [1.29, 1.82) is 0 Å². The molecule has 218 valence electrons. The molecule has 2 heterocycles. The number of amides is 4. The fourth-order valence-corrected chi connectivity index (χ4v) is 5.38. The van der Waals surface area contributed by atoms with Crippen molar-refractivity contribution >= 4 is 29.2 Å². The van der Waals surface area contributed by atoms with Gasteiger partial charge in [-0.15, -0.1) is 0 Å². The minimum absolute atomic E-state index is 0.0753. The Morgan fingerprint density at radius 2 is 1.93 bits per heavy atom. The quantitative estimate of drug-likeness (QED) is 0.466. The van der Waals surface area contributed by atoms with Crippen molar-refractivity contribution in [1.82, 2.24) is 15.0 Å². The molecule has 1 aromatic carbocycles. The van der Waals surface area contributed by atoms with E-state index in [1.165, 1.54) is 4.90 Å². The molecule has 40 heavy (non-hydrogen) atoms. The van der Waals surface area contributed by atoms with Crippen LogP contribution in [0.15, 0.2) is 22.7 Å². The topological polar surface area (TPSA) is 137 Å². The molecule has 2 aromatic rings. The van der Waals surface area contributed by atoms with E-state index in [2.05, 4.69) is 15.8 Å². The largest absolute Gasteiger partial charge is 0.485 e. The first kappa shape index (κ1) is 29.4. The molecule has 3 N–H and O–H groups in total. The summed E-state index contributed by atoms with van der Waals surface area (Å²) in [6, 6.07) is 4.35. The second-order valence-corrected chi connectivity index (χ2v) is 11.1. The van der Waals surface area contributed by atoms with Crippen molar-refractivity contribution < 1.29 is 28.8 Å². The van der Waals surface area contributed by atoms with Gasteiger partial charge in [-0.25, -0.2) is 4.79 Å². The Morgan fingerprint density at radius 3 is 2.58 bits per heavy atom. The summed E-state index contributed by atoms with van der Waals surface area (Å²) in [5.41, 5.74) is 1.84. The molecule has 11 heteroatoms. The Morgan fingerprint density at radius 1 is 1.20 bits per heavy atom. The number of aliphatic hydroxyl groups is 1. The molecule has 0 radical (unpaired) electrons. The maximum absolute atomic E-state index is 13.7. The van der Waals surface area contributed by atoms with Crippen LogP contribution in [0.3, 0.4) is 0 Å². The lowest BCUT2D eigenvalue weighted by molar-refractivity contribution is -0.120. The molecule has 0 unspecified atom stereocenters. The van der Waals surface area contributed by atoms with Gasteiger partial charge >= 0.3 is 6.03 Å². The number of para-hydroxylation sites is 1. The van der Waals surface area contributed by atoms with E-state index in [-0.39, 0.29) is 48.6 Å². The number of carbonyl (C=O) groups is 3. The summed E-state index contributed by atoms with van der Waals surface area (Å²) < 4.78 is 11.7. The number of nitrogens with zero attached hydrogens (tertiary/aromatic N) is 3. The molecule has 0 spiro atoms. The number of carbonyl (C=O) groups excluding carboxylic acids is 3. The molecule has 1 aliphatic carbocycles. The number of rotatable bonds is 7. The predicted molar refractivity (Wildman–Crippen MR) is 150 cm³/mol. The van der Waals surface area contributed by atoms with Crippen LogP contribution in [0.1, 0.15) is 67.8 Å². The fraction of sp³-hybridized carbons (Fsp3) is 0.586. The number of urea groups is 1. The zero-order valence-electron chi connectivity index (χ0n) is 24.0. The van der Waals surface area contributed by atoms with Crippen LogP contribution in [0.5, 0.6) is 5.75 Å². The minimum atomic E-state index is -0.520. The van der Waals surface area contributed by atoms with Gasteiger partial charge in [0.2, 0.25) is 5.91 Å². The molecule has 1 aliphatic heterocycles. The molecule has 2 aliphatic rings. The predicted octanol–water partition coefficient (Wildman–Crippen LogP) is 4.19.